The van der Waals surface area contributed by atoms with E-state index in [1.165, 1.54) is 6.92 Å². The van der Waals surface area contributed by atoms with Crippen molar-refractivity contribution in [1.29, 1.82) is 0 Å². The highest BCUT2D eigenvalue weighted by molar-refractivity contribution is 5.87. The predicted molar refractivity (Wildman–Crippen MR) is 46.7 cm³/mol. The average molecular weight is 184 g/mol. The first-order chi connectivity index (χ1) is 6.07. The van der Waals surface area contributed by atoms with Gasteiger partial charge in [-0.25, -0.2) is 4.79 Å². The van der Waals surface area contributed by atoms with Crippen LogP contribution in [-0.2, 0) is 19.1 Å². The molecule has 0 aliphatic carbocycles. The van der Waals surface area contributed by atoms with Crippen molar-refractivity contribution in [2.75, 3.05) is 6.61 Å². The van der Waals surface area contributed by atoms with Crippen LogP contribution in [0.25, 0.3) is 0 Å². The van der Waals surface area contributed by atoms with E-state index in [2.05, 4.69) is 22.6 Å². The quantitative estimate of drug-likeness (QED) is 0.366. The van der Waals surface area contributed by atoms with E-state index in [1.54, 1.807) is 0 Å². The fourth-order valence-electron chi connectivity index (χ4n) is 0.502. The summed E-state index contributed by atoms with van der Waals surface area (Å²) in [6.45, 7) is 8.12. The molecule has 0 aromatic rings. The fraction of sp³-hybridized carbons (Fsp3) is 0.333. The number of carbonyl (C=O) groups excluding carboxylic acids is 2. The van der Waals surface area contributed by atoms with Crippen molar-refractivity contribution in [3.05, 3.63) is 25.0 Å². The second-order valence-electron chi connectivity index (χ2n) is 2.32. The highest BCUT2D eigenvalue weighted by atomic mass is 16.5. The number of carbonyl (C=O) groups is 2. The van der Waals surface area contributed by atoms with Crippen molar-refractivity contribution >= 4 is 11.9 Å². The first kappa shape index (κ1) is 11.4. The molecule has 0 N–H and O–H groups in total. The number of hydrogen-bond donors (Lipinski definition) is 0. The molecular weight excluding hydrogens is 172 g/mol. The van der Waals surface area contributed by atoms with E-state index >= 15 is 0 Å². The lowest BCUT2D eigenvalue weighted by Gasteiger charge is -2.02. The molecule has 0 bridgehead atoms. The van der Waals surface area contributed by atoms with Crippen LogP contribution in [0.3, 0.4) is 0 Å². The van der Waals surface area contributed by atoms with Gasteiger partial charge in [0.2, 0.25) is 0 Å². The molecule has 4 heteroatoms. The average Bonchev–Trinajstić information content (AvgIpc) is 2.04. The Hall–Kier alpha value is -1.58. The van der Waals surface area contributed by atoms with Gasteiger partial charge in [-0.15, -0.1) is 0 Å². The van der Waals surface area contributed by atoms with Crippen LogP contribution in [0, 0.1) is 0 Å². The highest BCUT2D eigenvalue weighted by Crippen LogP contribution is 1.94. The lowest BCUT2D eigenvalue weighted by Crippen LogP contribution is -2.10. The lowest BCUT2D eigenvalue weighted by molar-refractivity contribution is -0.143. The number of ether oxygens (including phenoxy) is 2. The van der Waals surface area contributed by atoms with Gasteiger partial charge >= 0.3 is 11.9 Å². The molecule has 0 heterocycles. The summed E-state index contributed by atoms with van der Waals surface area (Å²) in [7, 11) is 0. The van der Waals surface area contributed by atoms with E-state index < -0.39 is 11.9 Å². The van der Waals surface area contributed by atoms with E-state index in [0.29, 0.717) is 5.57 Å². The molecule has 13 heavy (non-hydrogen) atoms. The Morgan fingerprint density at radius 3 is 2.54 bits per heavy atom. The molecule has 0 fully saturated rings. The Labute approximate surface area is 76.8 Å². The Kier molecular flexibility index (Phi) is 5.27. The summed E-state index contributed by atoms with van der Waals surface area (Å²) in [6.07, 6.45) is 1.05. The normalized spacial score (nSPS) is 8.69. The van der Waals surface area contributed by atoms with Gasteiger partial charge in [0.25, 0.3) is 0 Å². The SMILES string of the molecule is C=COC(=O)CCOC(=O)C(=C)C. The largest absolute Gasteiger partial charge is 0.462 e. The molecule has 0 spiro atoms. The maximum Gasteiger partial charge on any atom is 0.333 e. The number of esters is 2. The molecular formula is C9H12O4. The van der Waals surface area contributed by atoms with E-state index in [0.717, 1.165) is 6.26 Å². The summed E-state index contributed by atoms with van der Waals surface area (Å²) >= 11 is 0. The zero-order chi connectivity index (χ0) is 10.3. The van der Waals surface area contributed by atoms with Gasteiger partial charge < -0.3 is 9.47 Å². The Morgan fingerprint density at radius 2 is 2.08 bits per heavy atom. The van der Waals surface area contributed by atoms with Crippen LogP contribution >= 0.6 is 0 Å². The van der Waals surface area contributed by atoms with Crippen LogP contribution in [0.2, 0.25) is 0 Å². The summed E-state index contributed by atoms with van der Waals surface area (Å²) in [5, 5.41) is 0. The van der Waals surface area contributed by atoms with E-state index in [4.69, 9.17) is 0 Å². The molecule has 4 nitrogen and oxygen atoms in total. The number of rotatable bonds is 5. The molecule has 0 rings (SSSR count). The summed E-state index contributed by atoms with van der Waals surface area (Å²) in [4.78, 5) is 21.5. The Morgan fingerprint density at radius 1 is 1.46 bits per heavy atom. The molecule has 0 saturated carbocycles. The zero-order valence-electron chi connectivity index (χ0n) is 7.54. The van der Waals surface area contributed by atoms with Crippen LogP contribution < -0.4 is 0 Å². The first-order valence-electron chi connectivity index (χ1n) is 3.71. The van der Waals surface area contributed by atoms with Crippen molar-refractivity contribution in [2.24, 2.45) is 0 Å². The third-order valence-corrected chi connectivity index (χ3v) is 1.10. The van der Waals surface area contributed by atoms with Gasteiger partial charge in [0.15, 0.2) is 0 Å². The molecule has 72 valence electrons. The summed E-state index contributed by atoms with van der Waals surface area (Å²) in [5.74, 6) is -0.990. The lowest BCUT2D eigenvalue weighted by atomic mass is 10.4. The van der Waals surface area contributed by atoms with Crippen molar-refractivity contribution in [3.63, 3.8) is 0 Å². The smallest absolute Gasteiger partial charge is 0.333 e. The van der Waals surface area contributed by atoms with Gasteiger partial charge in [-0.1, -0.05) is 13.2 Å². The minimum absolute atomic E-state index is 0.00162. The fourth-order valence-corrected chi connectivity index (χ4v) is 0.502. The standard InChI is InChI=1S/C9H12O4/c1-4-12-8(10)5-6-13-9(11)7(2)3/h4H,1-2,5-6H2,3H3. The van der Waals surface area contributed by atoms with Crippen LogP contribution in [0.5, 0.6) is 0 Å². The molecule has 0 saturated heterocycles. The molecule has 0 aliphatic rings. The Bertz CT molecular complexity index is 230. The number of hydrogen-bond acceptors (Lipinski definition) is 4. The third kappa shape index (κ3) is 5.66. The summed E-state index contributed by atoms with van der Waals surface area (Å²) < 4.78 is 9.04. The van der Waals surface area contributed by atoms with E-state index in [9.17, 15) is 9.59 Å². The first-order valence-corrected chi connectivity index (χ1v) is 3.71. The monoisotopic (exact) mass is 184 g/mol. The van der Waals surface area contributed by atoms with E-state index in [1.807, 2.05) is 0 Å². The van der Waals surface area contributed by atoms with E-state index in [-0.39, 0.29) is 13.0 Å². The van der Waals surface area contributed by atoms with Gasteiger partial charge in [-0.05, 0) is 6.92 Å². The molecule has 0 atom stereocenters. The zero-order valence-corrected chi connectivity index (χ0v) is 7.54. The highest BCUT2D eigenvalue weighted by Gasteiger charge is 2.05. The maximum absolute atomic E-state index is 10.8. The summed E-state index contributed by atoms with van der Waals surface area (Å²) in [5.41, 5.74) is 0.303. The van der Waals surface area contributed by atoms with Gasteiger partial charge in [-0.3, -0.25) is 4.79 Å². The molecule has 0 aromatic carbocycles. The molecule has 0 unspecified atom stereocenters. The van der Waals surface area contributed by atoms with Gasteiger partial charge in [0.05, 0.1) is 12.7 Å². The Balaban J connectivity index is 3.56. The van der Waals surface area contributed by atoms with Gasteiger partial charge in [0.1, 0.15) is 6.61 Å². The second kappa shape index (κ2) is 5.99. The predicted octanol–water partition coefficient (Wildman–Crippen LogP) is 1.18. The molecule has 0 aromatic heterocycles. The van der Waals surface area contributed by atoms with Crippen molar-refractivity contribution in [3.8, 4) is 0 Å². The van der Waals surface area contributed by atoms with Crippen molar-refractivity contribution in [2.45, 2.75) is 13.3 Å². The topological polar surface area (TPSA) is 52.6 Å². The summed E-state index contributed by atoms with van der Waals surface area (Å²) in [6, 6.07) is 0. The molecule has 0 amide bonds. The molecule has 0 aliphatic heterocycles. The van der Waals surface area contributed by atoms with Crippen LogP contribution in [0.4, 0.5) is 0 Å². The van der Waals surface area contributed by atoms with Crippen LogP contribution in [0.1, 0.15) is 13.3 Å². The third-order valence-electron chi connectivity index (χ3n) is 1.10. The maximum atomic E-state index is 10.8. The van der Waals surface area contributed by atoms with Crippen molar-refractivity contribution in [1.82, 2.24) is 0 Å². The van der Waals surface area contributed by atoms with Gasteiger partial charge in [-0.2, -0.15) is 0 Å². The van der Waals surface area contributed by atoms with Crippen molar-refractivity contribution < 1.29 is 19.1 Å². The minimum Gasteiger partial charge on any atom is -0.462 e. The van der Waals surface area contributed by atoms with Crippen LogP contribution in [0.15, 0.2) is 25.0 Å². The molecule has 0 radical (unpaired) electrons. The van der Waals surface area contributed by atoms with Gasteiger partial charge in [0, 0.05) is 5.57 Å². The second-order valence-corrected chi connectivity index (χ2v) is 2.32. The minimum atomic E-state index is -0.508. The van der Waals surface area contributed by atoms with Crippen LogP contribution in [-0.4, -0.2) is 18.5 Å².